The maximum atomic E-state index is 12.3. The molecule has 2 amide bonds. The van der Waals surface area contributed by atoms with Crippen LogP contribution in [-0.4, -0.2) is 41.9 Å². The third-order valence-corrected chi connectivity index (χ3v) is 4.34. The zero-order chi connectivity index (χ0) is 14.6. The lowest BCUT2D eigenvalue weighted by Gasteiger charge is -2.37. The fourth-order valence-electron chi connectivity index (χ4n) is 2.29. The molecule has 118 valence electrons. The summed E-state index contributed by atoms with van der Waals surface area (Å²) < 4.78 is 0. The van der Waals surface area contributed by atoms with Crippen LogP contribution in [0.25, 0.3) is 0 Å². The van der Waals surface area contributed by atoms with Crippen molar-refractivity contribution in [2.24, 2.45) is 17.6 Å². The highest BCUT2D eigenvalue weighted by Gasteiger charge is 2.33. The van der Waals surface area contributed by atoms with E-state index < -0.39 is 0 Å². The van der Waals surface area contributed by atoms with Crippen LogP contribution < -0.4 is 11.1 Å². The van der Waals surface area contributed by atoms with Crippen LogP contribution in [0.2, 0.25) is 0 Å². The molecule has 1 aliphatic heterocycles. The molecule has 1 fully saturated rings. The molecule has 0 aliphatic carbocycles. The summed E-state index contributed by atoms with van der Waals surface area (Å²) in [6, 6.07) is 0. The fraction of sp³-hybridized carbons (Fsp3) is 0.857. The Morgan fingerprint density at radius 2 is 2.05 bits per heavy atom. The Morgan fingerprint density at radius 1 is 1.45 bits per heavy atom. The predicted molar refractivity (Wildman–Crippen MR) is 82.7 cm³/mol. The standard InChI is InChI=1S/C14H27N3O2.ClH/c1-10(2)14(4,9-15)16-13(19)12-6-5-7-17(8-12)11(3)18;/h10,12H,5-9,15H2,1-4H3,(H,16,19);1H. The maximum Gasteiger partial charge on any atom is 0.225 e. The van der Waals surface area contributed by atoms with Crippen LogP contribution in [-0.2, 0) is 9.59 Å². The van der Waals surface area contributed by atoms with E-state index in [1.165, 1.54) is 0 Å². The predicted octanol–water partition coefficient (Wildman–Crippen LogP) is 1.16. The van der Waals surface area contributed by atoms with Gasteiger partial charge in [-0.25, -0.2) is 0 Å². The van der Waals surface area contributed by atoms with Crippen LogP contribution in [0.5, 0.6) is 0 Å². The number of rotatable bonds is 4. The maximum absolute atomic E-state index is 12.3. The fourth-order valence-corrected chi connectivity index (χ4v) is 2.29. The molecule has 0 bridgehead atoms. The van der Waals surface area contributed by atoms with E-state index in [1.54, 1.807) is 11.8 Å². The number of hydrogen-bond donors (Lipinski definition) is 2. The van der Waals surface area contributed by atoms with Gasteiger partial charge in [0.1, 0.15) is 0 Å². The van der Waals surface area contributed by atoms with Crippen molar-refractivity contribution in [2.45, 2.75) is 46.1 Å². The van der Waals surface area contributed by atoms with Crippen molar-refractivity contribution in [3.8, 4) is 0 Å². The van der Waals surface area contributed by atoms with Gasteiger partial charge in [-0.2, -0.15) is 0 Å². The normalized spacial score (nSPS) is 21.9. The summed E-state index contributed by atoms with van der Waals surface area (Å²) >= 11 is 0. The lowest BCUT2D eigenvalue weighted by Crippen LogP contribution is -2.57. The summed E-state index contributed by atoms with van der Waals surface area (Å²) in [5.74, 6) is 0.228. The second-order valence-electron chi connectivity index (χ2n) is 6.07. The first-order valence-corrected chi connectivity index (χ1v) is 7.07. The SMILES string of the molecule is CC(=O)N1CCCC(C(=O)NC(C)(CN)C(C)C)C1.Cl. The van der Waals surface area contributed by atoms with Crippen molar-refractivity contribution in [3.63, 3.8) is 0 Å². The van der Waals surface area contributed by atoms with Crippen LogP contribution in [0.1, 0.15) is 40.5 Å². The summed E-state index contributed by atoms with van der Waals surface area (Å²) in [4.78, 5) is 25.5. The average Bonchev–Trinajstić information content (AvgIpc) is 2.38. The molecule has 2 unspecified atom stereocenters. The third-order valence-electron chi connectivity index (χ3n) is 4.34. The van der Waals surface area contributed by atoms with Crippen LogP contribution in [0, 0.1) is 11.8 Å². The average molecular weight is 306 g/mol. The minimum atomic E-state index is -0.379. The van der Waals surface area contributed by atoms with Crippen molar-refractivity contribution >= 4 is 24.2 Å². The van der Waals surface area contributed by atoms with Crippen molar-refractivity contribution in [3.05, 3.63) is 0 Å². The van der Waals surface area contributed by atoms with Gasteiger partial charge in [-0.1, -0.05) is 13.8 Å². The first-order valence-electron chi connectivity index (χ1n) is 7.07. The monoisotopic (exact) mass is 305 g/mol. The first kappa shape index (κ1) is 19.2. The Balaban J connectivity index is 0.00000361. The zero-order valence-electron chi connectivity index (χ0n) is 12.9. The van der Waals surface area contributed by atoms with E-state index >= 15 is 0 Å². The van der Waals surface area contributed by atoms with Gasteiger partial charge in [-0.3, -0.25) is 9.59 Å². The van der Waals surface area contributed by atoms with Gasteiger partial charge in [0.05, 0.1) is 11.5 Å². The van der Waals surface area contributed by atoms with E-state index in [-0.39, 0.29) is 41.6 Å². The Kier molecular flexibility index (Phi) is 7.52. The van der Waals surface area contributed by atoms with Gasteiger partial charge in [-0.05, 0) is 25.7 Å². The molecular formula is C14H28ClN3O2. The van der Waals surface area contributed by atoms with Gasteiger partial charge in [0.2, 0.25) is 11.8 Å². The molecule has 0 aromatic rings. The Hall–Kier alpha value is -0.810. The molecule has 5 nitrogen and oxygen atoms in total. The van der Waals surface area contributed by atoms with Crippen molar-refractivity contribution < 1.29 is 9.59 Å². The minimum absolute atomic E-state index is 0. The smallest absolute Gasteiger partial charge is 0.225 e. The van der Waals surface area contributed by atoms with Crippen molar-refractivity contribution in [1.82, 2.24) is 10.2 Å². The number of nitrogens with one attached hydrogen (secondary N) is 1. The summed E-state index contributed by atoms with van der Waals surface area (Å²) in [6.07, 6.45) is 1.73. The Bertz CT molecular complexity index is 349. The summed E-state index contributed by atoms with van der Waals surface area (Å²) in [7, 11) is 0. The van der Waals surface area contributed by atoms with Crippen LogP contribution in [0.4, 0.5) is 0 Å². The van der Waals surface area contributed by atoms with E-state index in [9.17, 15) is 9.59 Å². The van der Waals surface area contributed by atoms with E-state index in [0.717, 1.165) is 19.4 Å². The topological polar surface area (TPSA) is 75.4 Å². The van der Waals surface area contributed by atoms with Gasteiger partial charge < -0.3 is 16.0 Å². The van der Waals surface area contributed by atoms with Gasteiger partial charge in [0, 0.05) is 26.6 Å². The van der Waals surface area contributed by atoms with E-state index in [2.05, 4.69) is 19.2 Å². The van der Waals surface area contributed by atoms with E-state index in [4.69, 9.17) is 5.73 Å². The number of amides is 2. The molecule has 2 atom stereocenters. The number of likely N-dealkylation sites (tertiary alicyclic amines) is 1. The molecule has 3 N–H and O–H groups in total. The number of carbonyl (C=O) groups is 2. The first-order chi connectivity index (χ1) is 8.80. The number of piperidine rings is 1. The lowest BCUT2D eigenvalue weighted by molar-refractivity contribution is -0.134. The quantitative estimate of drug-likeness (QED) is 0.818. The van der Waals surface area contributed by atoms with E-state index in [1.807, 2.05) is 6.92 Å². The van der Waals surface area contributed by atoms with Gasteiger partial charge in [0.25, 0.3) is 0 Å². The number of hydrogen-bond acceptors (Lipinski definition) is 3. The molecular weight excluding hydrogens is 278 g/mol. The molecule has 20 heavy (non-hydrogen) atoms. The number of halogens is 1. The summed E-state index contributed by atoms with van der Waals surface area (Å²) in [5, 5.41) is 3.07. The molecule has 0 aromatic carbocycles. The van der Waals surface area contributed by atoms with Crippen LogP contribution >= 0.6 is 12.4 Å². The molecule has 1 heterocycles. The van der Waals surface area contributed by atoms with Gasteiger partial charge in [0.15, 0.2) is 0 Å². The van der Waals surface area contributed by atoms with E-state index in [0.29, 0.717) is 13.1 Å². The minimum Gasteiger partial charge on any atom is -0.349 e. The Labute approximate surface area is 128 Å². The highest BCUT2D eigenvalue weighted by Crippen LogP contribution is 2.20. The lowest BCUT2D eigenvalue weighted by atomic mass is 9.87. The van der Waals surface area contributed by atoms with Gasteiger partial charge in [-0.15, -0.1) is 12.4 Å². The molecule has 0 aromatic heterocycles. The molecule has 0 spiro atoms. The molecule has 1 aliphatic rings. The Morgan fingerprint density at radius 3 is 2.50 bits per heavy atom. The zero-order valence-corrected chi connectivity index (χ0v) is 13.8. The highest BCUT2D eigenvalue weighted by atomic mass is 35.5. The van der Waals surface area contributed by atoms with Gasteiger partial charge >= 0.3 is 0 Å². The molecule has 0 saturated carbocycles. The highest BCUT2D eigenvalue weighted by molar-refractivity contribution is 5.85. The largest absolute Gasteiger partial charge is 0.349 e. The molecule has 6 heteroatoms. The molecule has 0 radical (unpaired) electrons. The third kappa shape index (κ3) is 4.63. The van der Waals surface area contributed by atoms with Crippen LogP contribution in [0.15, 0.2) is 0 Å². The van der Waals surface area contributed by atoms with Crippen molar-refractivity contribution in [1.29, 1.82) is 0 Å². The summed E-state index contributed by atoms with van der Waals surface area (Å²) in [5.41, 5.74) is 5.40. The van der Waals surface area contributed by atoms with Crippen molar-refractivity contribution in [2.75, 3.05) is 19.6 Å². The second kappa shape index (κ2) is 7.84. The number of carbonyl (C=O) groups excluding carboxylic acids is 2. The summed E-state index contributed by atoms with van der Waals surface area (Å²) in [6.45, 7) is 9.34. The number of nitrogens with two attached hydrogens (primary N) is 1. The molecule has 1 rings (SSSR count). The van der Waals surface area contributed by atoms with Crippen LogP contribution in [0.3, 0.4) is 0 Å². The second-order valence-corrected chi connectivity index (χ2v) is 6.07. The number of nitrogens with zero attached hydrogens (tertiary/aromatic N) is 1. The molecule has 1 saturated heterocycles.